The summed E-state index contributed by atoms with van der Waals surface area (Å²) in [5.41, 5.74) is 0. The number of ketones is 1. The first-order valence-electron chi connectivity index (χ1n) is 2.82. The second-order valence-electron chi connectivity index (χ2n) is 1.72. The van der Waals surface area contributed by atoms with Crippen molar-refractivity contribution in [3.8, 4) is 0 Å². The largest absolute Gasteiger partial charge is 0.377 e. The molecule has 0 bridgehead atoms. The van der Waals surface area contributed by atoms with Crippen molar-refractivity contribution < 1.29 is 9.53 Å². The fourth-order valence-electron chi connectivity index (χ4n) is 0.512. The highest BCUT2D eigenvalue weighted by Crippen LogP contribution is 1.87. The molecule has 2 heteroatoms. The predicted octanol–water partition coefficient (Wildman–Crippen LogP) is 1.00. The quantitative estimate of drug-likeness (QED) is 0.547. The summed E-state index contributed by atoms with van der Waals surface area (Å²) in [5.74, 6) is 0.190. The van der Waals surface area contributed by atoms with Crippen molar-refractivity contribution in [2.24, 2.45) is 0 Å². The van der Waals surface area contributed by atoms with Crippen LogP contribution in [0.25, 0.3) is 0 Å². The number of carbonyl (C=O) groups excluding carboxylic acids is 1. The van der Waals surface area contributed by atoms with Crippen LogP contribution in [0.2, 0.25) is 0 Å². The van der Waals surface area contributed by atoms with Gasteiger partial charge in [-0.15, -0.1) is 0 Å². The van der Waals surface area contributed by atoms with Crippen LogP contribution in [0.4, 0.5) is 0 Å². The van der Waals surface area contributed by atoms with Gasteiger partial charge in [-0.3, -0.25) is 4.79 Å². The lowest BCUT2D eigenvalue weighted by Gasteiger charge is -1.93. The first-order valence-corrected chi connectivity index (χ1v) is 2.82. The first-order chi connectivity index (χ1) is 3.81. The Morgan fingerprint density at radius 3 is 2.62 bits per heavy atom. The molecule has 0 aromatic heterocycles. The van der Waals surface area contributed by atoms with E-state index in [0.717, 1.165) is 6.42 Å². The van der Waals surface area contributed by atoms with Crippen LogP contribution in [-0.2, 0) is 9.53 Å². The SMILES string of the molecule is CCCC(=O)COC. The summed E-state index contributed by atoms with van der Waals surface area (Å²) in [6.07, 6.45) is 1.57. The average molecular weight is 116 g/mol. The molecule has 0 radical (unpaired) electrons. The smallest absolute Gasteiger partial charge is 0.158 e. The number of ether oxygens (including phenoxy) is 1. The van der Waals surface area contributed by atoms with Gasteiger partial charge in [-0.2, -0.15) is 0 Å². The monoisotopic (exact) mass is 116 g/mol. The van der Waals surface area contributed by atoms with Crippen LogP contribution in [0, 0.1) is 0 Å². The van der Waals surface area contributed by atoms with E-state index in [9.17, 15) is 4.79 Å². The normalized spacial score (nSPS) is 9.25. The number of Topliss-reactive ketones (excluding diaryl/α,β-unsaturated/α-hetero) is 1. The lowest BCUT2D eigenvalue weighted by Crippen LogP contribution is -2.04. The third-order valence-electron chi connectivity index (χ3n) is 0.834. The van der Waals surface area contributed by atoms with Crippen LogP contribution < -0.4 is 0 Å². The summed E-state index contributed by atoms with van der Waals surface area (Å²) in [4.78, 5) is 10.5. The van der Waals surface area contributed by atoms with Gasteiger partial charge in [0.25, 0.3) is 0 Å². The van der Waals surface area contributed by atoms with Gasteiger partial charge in [0, 0.05) is 13.5 Å². The molecule has 0 fully saturated rings. The van der Waals surface area contributed by atoms with Crippen molar-refractivity contribution >= 4 is 5.78 Å². The van der Waals surface area contributed by atoms with Gasteiger partial charge in [-0.1, -0.05) is 6.92 Å². The van der Waals surface area contributed by atoms with Gasteiger partial charge >= 0.3 is 0 Å². The summed E-state index contributed by atoms with van der Waals surface area (Å²) in [6.45, 7) is 2.25. The summed E-state index contributed by atoms with van der Waals surface area (Å²) in [6, 6.07) is 0. The van der Waals surface area contributed by atoms with Gasteiger partial charge in [-0.05, 0) is 6.42 Å². The number of rotatable bonds is 4. The maximum Gasteiger partial charge on any atom is 0.158 e. The molecule has 0 amide bonds. The molecule has 0 aliphatic rings. The Kier molecular flexibility index (Phi) is 4.56. The Hall–Kier alpha value is -0.370. The minimum atomic E-state index is 0.190. The zero-order valence-corrected chi connectivity index (χ0v) is 5.44. The zero-order chi connectivity index (χ0) is 6.41. The van der Waals surface area contributed by atoms with Crippen LogP contribution in [0.3, 0.4) is 0 Å². The molecule has 0 aromatic carbocycles. The molecule has 0 aliphatic heterocycles. The van der Waals surface area contributed by atoms with E-state index in [1.807, 2.05) is 6.92 Å². The molecular formula is C6H12O2. The van der Waals surface area contributed by atoms with Gasteiger partial charge in [0.1, 0.15) is 6.61 Å². The van der Waals surface area contributed by atoms with Crippen LogP contribution in [0.15, 0.2) is 0 Å². The van der Waals surface area contributed by atoms with Gasteiger partial charge < -0.3 is 4.74 Å². The van der Waals surface area contributed by atoms with Crippen molar-refractivity contribution in [3.63, 3.8) is 0 Å². The Balaban J connectivity index is 3.06. The van der Waals surface area contributed by atoms with Gasteiger partial charge in [0.2, 0.25) is 0 Å². The number of carbonyl (C=O) groups is 1. The molecular weight excluding hydrogens is 104 g/mol. The number of hydrogen-bond acceptors (Lipinski definition) is 2. The molecule has 0 heterocycles. The van der Waals surface area contributed by atoms with Crippen LogP contribution in [0.5, 0.6) is 0 Å². The molecule has 0 saturated carbocycles. The van der Waals surface area contributed by atoms with E-state index in [2.05, 4.69) is 4.74 Å². The van der Waals surface area contributed by atoms with E-state index < -0.39 is 0 Å². The third kappa shape index (κ3) is 3.81. The molecule has 0 N–H and O–H groups in total. The topological polar surface area (TPSA) is 26.3 Å². The second-order valence-corrected chi connectivity index (χ2v) is 1.72. The standard InChI is InChI=1S/C6H12O2/c1-3-4-6(7)5-8-2/h3-5H2,1-2H3. The maximum absolute atomic E-state index is 10.5. The Bertz CT molecular complexity index is 60.9. The molecule has 0 aromatic rings. The number of hydrogen-bond donors (Lipinski definition) is 0. The second kappa shape index (κ2) is 4.78. The fourth-order valence-corrected chi connectivity index (χ4v) is 0.512. The lowest BCUT2D eigenvalue weighted by molar-refractivity contribution is -0.122. The molecule has 0 unspecified atom stereocenters. The highest BCUT2D eigenvalue weighted by atomic mass is 16.5. The lowest BCUT2D eigenvalue weighted by atomic mass is 10.2. The highest BCUT2D eigenvalue weighted by Gasteiger charge is 1.95. The van der Waals surface area contributed by atoms with Gasteiger partial charge in [0.05, 0.1) is 0 Å². The van der Waals surface area contributed by atoms with Crippen molar-refractivity contribution in [3.05, 3.63) is 0 Å². The molecule has 8 heavy (non-hydrogen) atoms. The minimum Gasteiger partial charge on any atom is -0.377 e. The molecule has 0 spiro atoms. The molecule has 0 saturated heterocycles. The van der Waals surface area contributed by atoms with E-state index in [0.29, 0.717) is 6.42 Å². The molecule has 48 valence electrons. The molecule has 0 atom stereocenters. The van der Waals surface area contributed by atoms with Gasteiger partial charge in [0.15, 0.2) is 5.78 Å². The summed E-state index contributed by atoms with van der Waals surface area (Å²) in [5, 5.41) is 0. The van der Waals surface area contributed by atoms with Crippen molar-refractivity contribution in [1.82, 2.24) is 0 Å². The van der Waals surface area contributed by atoms with Crippen molar-refractivity contribution in [2.45, 2.75) is 19.8 Å². The summed E-state index contributed by atoms with van der Waals surface area (Å²) >= 11 is 0. The summed E-state index contributed by atoms with van der Waals surface area (Å²) < 4.78 is 4.61. The third-order valence-corrected chi connectivity index (χ3v) is 0.834. The number of methoxy groups -OCH3 is 1. The van der Waals surface area contributed by atoms with Crippen LogP contribution in [0.1, 0.15) is 19.8 Å². The van der Waals surface area contributed by atoms with E-state index >= 15 is 0 Å². The van der Waals surface area contributed by atoms with Crippen molar-refractivity contribution in [1.29, 1.82) is 0 Å². The van der Waals surface area contributed by atoms with E-state index in [-0.39, 0.29) is 12.4 Å². The Morgan fingerprint density at radius 2 is 2.25 bits per heavy atom. The molecule has 0 rings (SSSR count). The molecule has 2 nitrogen and oxygen atoms in total. The first kappa shape index (κ1) is 7.63. The molecule has 0 aliphatic carbocycles. The van der Waals surface area contributed by atoms with Gasteiger partial charge in [-0.25, -0.2) is 0 Å². The Morgan fingerprint density at radius 1 is 1.62 bits per heavy atom. The predicted molar refractivity (Wildman–Crippen MR) is 31.8 cm³/mol. The van der Waals surface area contributed by atoms with E-state index in [4.69, 9.17) is 0 Å². The summed E-state index contributed by atoms with van der Waals surface area (Å²) in [7, 11) is 1.54. The maximum atomic E-state index is 10.5. The van der Waals surface area contributed by atoms with Crippen LogP contribution >= 0.6 is 0 Å². The fraction of sp³-hybridized carbons (Fsp3) is 0.833. The highest BCUT2D eigenvalue weighted by molar-refractivity contribution is 5.79. The zero-order valence-electron chi connectivity index (χ0n) is 5.44. The Labute approximate surface area is 49.8 Å². The van der Waals surface area contributed by atoms with E-state index in [1.54, 1.807) is 0 Å². The van der Waals surface area contributed by atoms with E-state index in [1.165, 1.54) is 7.11 Å². The minimum absolute atomic E-state index is 0.190. The van der Waals surface area contributed by atoms with Crippen LogP contribution in [-0.4, -0.2) is 19.5 Å². The average Bonchev–Trinajstić information content (AvgIpc) is 1.68. The van der Waals surface area contributed by atoms with Crippen molar-refractivity contribution in [2.75, 3.05) is 13.7 Å².